The molecule has 0 radical (unpaired) electrons. The molecule has 0 aliphatic rings. The second-order valence-corrected chi connectivity index (χ2v) is 6.44. The summed E-state index contributed by atoms with van der Waals surface area (Å²) in [4.78, 5) is 13.7. The van der Waals surface area contributed by atoms with Gasteiger partial charge in [0.05, 0.1) is 16.9 Å². The van der Waals surface area contributed by atoms with E-state index >= 15 is 0 Å². The summed E-state index contributed by atoms with van der Waals surface area (Å²) in [5.74, 6) is 0. The number of benzene rings is 1. The second kappa shape index (κ2) is 4.83. The van der Waals surface area contributed by atoms with Gasteiger partial charge in [-0.2, -0.15) is 0 Å². The number of rotatable bonds is 1. The lowest BCUT2D eigenvalue weighted by Crippen LogP contribution is -1.90. The molecule has 0 unspecified atom stereocenters. The van der Waals surface area contributed by atoms with Crippen molar-refractivity contribution < 1.29 is 0 Å². The van der Waals surface area contributed by atoms with Crippen molar-refractivity contribution in [1.82, 2.24) is 15.0 Å². The Morgan fingerprint density at radius 2 is 1.43 bits per heavy atom. The molecule has 4 aromatic heterocycles. The average molecular weight is 313 g/mol. The number of nitrogens with zero attached hydrogens (tertiary/aromatic N) is 3. The molecule has 0 saturated carbocycles. The van der Waals surface area contributed by atoms with E-state index in [4.69, 9.17) is 0 Å². The van der Waals surface area contributed by atoms with Crippen LogP contribution in [-0.2, 0) is 0 Å². The van der Waals surface area contributed by atoms with Crippen LogP contribution in [0.2, 0.25) is 0 Å². The van der Waals surface area contributed by atoms with Crippen molar-refractivity contribution in [1.29, 1.82) is 0 Å². The van der Waals surface area contributed by atoms with Gasteiger partial charge in [0.2, 0.25) is 0 Å². The molecule has 3 nitrogen and oxygen atoms in total. The molecule has 0 bridgehead atoms. The van der Waals surface area contributed by atoms with Gasteiger partial charge in [-0.1, -0.05) is 18.2 Å². The third-order valence-corrected chi connectivity index (χ3v) is 5.18. The van der Waals surface area contributed by atoms with Crippen LogP contribution in [0.25, 0.3) is 42.5 Å². The van der Waals surface area contributed by atoms with Crippen LogP contribution in [0, 0.1) is 0 Å². The number of hydrogen-bond acceptors (Lipinski definition) is 4. The Balaban J connectivity index is 1.96. The molecule has 4 heteroatoms. The molecule has 4 heterocycles. The highest BCUT2D eigenvalue weighted by atomic mass is 32.1. The fourth-order valence-corrected chi connectivity index (χ4v) is 4.14. The molecule has 0 saturated heterocycles. The predicted octanol–water partition coefficient (Wildman–Crippen LogP) is 5.06. The van der Waals surface area contributed by atoms with Gasteiger partial charge in [0.15, 0.2) is 0 Å². The zero-order valence-corrected chi connectivity index (χ0v) is 12.9. The lowest BCUT2D eigenvalue weighted by molar-refractivity contribution is 1.28. The van der Waals surface area contributed by atoms with Gasteiger partial charge in [-0.05, 0) is 30.3 Å². The van der Waals surface area contributed by atoms with Gasteiger partial charge < -0.3 is 0 Å². The summed E-state index contributed by atoms with van der Waals surface area (Å²) >= 11 is 1.79. The molecule has 0 atom stereocenters. The second-order valence-electron chi connectivity index (χ2n) is 5.36. The Kier molecular flexibility index (Phi) is 2.66. The Morgan fingerprint density at radius 1 is 0.609 bits per heavy atom. The minimum Gasteiger partial charge on any atom is -0.256 e. The molecule has 23 heavy (non-hydrogen) atoms. The first-order valence-corrected chi connectivity index (χ1v) is 8.20. The Labute approximate surface area is 136 Å². The minimum atomic E-state index is 0.893. The van der Waals surface area contributed by atoms with E-state index in [0.29, 0.717) is 0 Å². The van der Waals surface area contributed by atoms with Gasteiger partial charge >= 0.3 is 0 Å². The average Bonchev–Trinajstić information content (AvgIpc) is 3.00. The van der Waals surface area contributed by atoms with E-state index in [9.17, 15) is 0 Å². The van der Waals surface area contributed by atoms with Gasteiger partial charge in [0.25, 0.3) is 0 Å². The molecule has 5 rings (SSSR count). The van der Waals surface area contributed by atoms with Crippen LogP contribution >= 0.6 is 11.3 Å². The van der Waals surface area contributed by atoms with Crippen molar-refractivity contribution in [2.45, 2.75) is 0 Å². The van der Waals surface area contributed by atoms with E-state index in [1.165, 1.54) is 20.2 Å². The zero-order chi connectivity index (χ0) is 15.2. The molecule has 0 N–H and O–H groups in total. The summed E-state index contributed by atoms with van der Waals surface area (Å²) in [6.07, 6.45) is 5.48. The van der Waals surface area contributed by atoms with Crippen LogP contribution in [0.1, 0.15) is 0 Å². The van der Waals surface area contributed by atoms with Gasteiger partial charge in [-0.25, -0.2) is 0 Å². The van der Waals surface area contributed by atoms with Crippen molar-refractivity contribution in [3.8, 4) is 11.4 Å². The first-order chi connectivity index (χ1) is 11.4. The van der Waals surface area contributed by atoms with E-state index in [1.807, 2.05) is 18.3 Å². The highest BCUT2D eigenvalue weighted by Crippen LogP contribution is 2.39. The molecule has 0 spiro atoms. The van der Waals surface area contributed by atoms with Gasteiger partial charge in [0.1, 0.15) is 0 Å². The van der Waals surface area contributed by atoms with Crippen LogP contribution in [-0.4, -0.2) is 15.0 Å². The van der Waals surface area contributed by atoms with Crippen LogP contribution in [0.5, 0.6) is 0 Å². The summed E-state index contributed by atoms with van der Waals surface area (Å²) in [5, 5.41) is 3.44. The van der Waals surface area contributed by atoms with Crippen LogP contribution in [0.4, 0.5) is 0 Å². The Bertz CT molecular complexity index is 1170. The third kappa shape index (κ3) is 1.85. The topological polar surface area (TPSA) is 38.7 Å². The van der Waals surface area contributed by atoms with Crippen LogP contribution < -0.4 is 0 Å². The molecule has 0 aliphatic carbocycles. The maximum Gasteiger partial charge on any atom is 0.0986 e. The van der Waals surface area contributed by atoms with Crippen molar-refractivity contribution >= 4 is 42.4 Å². The molecule has 0 fully saturated rings. The van der Waals surface area contributed by atoms with Gasteiger partial charge in [0, 0.05) is 44.1 Å². The number of thiophene rings is 1. The van der Waals surface area contributed by atoms with Crippen molar-refractivity contribution in [2.75, 3.05) is 0 Å². The Hall–Kier alpha value is -2.85. The summed E-state index contributed by atoms with van der Waals surface area (Å²) in [7, 11) is 0. The van der Waals surface area contributed by atoms with Crippen molar-refractivity contribution in [3.05, 3.63) is 67.1 Å². The first-order valence-electron chi connectivity index (χ1n) is 7.38. The molecule has 1 aromatic carbocycles. The lowest BCUT2D eigenvalue weighted by Gasteiger charge is -2.06. The monoisotopic (exact) mass is 313 g/mol. The van der Waals surface area contributed by atoms with E-state index < -0.39 is 0 Å². The largest absolute Gasteiger partial charge is 0.256 e. The number of hydrogen-bond donors (Lipinski definition) is 0. The highest BCUT2D eigenvalue weighted by Gasteiger charge is 2.14. The van der Waals surface area contributed by atoms with E-state index in [-0.39, 0.29) is 0 Å². The van der Waals surface area contributed by atoms with Crippen molar-refractivity contribution in [2.24, 2.45) is 0 Å². The molecular weight excluding hydrogens is 302 g/mol. The van der Waals surface area contributed by atoms with Crippen LogP contribution in [0.15, 0.2) is 67.1 Å². The van der Waals surface area contributed by atoms with Crippen molar-refractivity contribution in [3.63, 3.8) is 0 Å². The molecule has 0 amide bonds. The number of aromatic nitrogens is 3. The fourth-order valence-electron chi connectivity index (χ4n) is 3.04. The quantitative estimate of drug-likeness (QED) is 0.434. The number of pyridine rings is 3. The minimum absolute atomic E-state index is 0.893. The molecule has 5 aromatic rings. The Morgan fingerprint density at radius 3 is 2.43 bits per heavy atom. The molecular formula is C19H11N3S. The van der Waals surface area contributed by atoms with E-state index in [1.54, 1.807) is 23.7 Å². The first kappa shape index (κ1) is 12.7. The predicted molar refractivity (Wildman–Crippen MR) is 95.7 cm³/mol. The lowest BCUT2D eigenvalue weighted by atomic mass is 10.1. The van der Waals surface area contributed by atoms with Gasteiger partial charge in [-0.3, -0.25) is 15.0 Å². The summed E-state index contributed by atoms with van der Waals surface area (Å²) in [6, 6.07) is 16.5. The maximum absolute atomic E-state index is 4.67. The summed E-state index contributed by atoms with van der Waals surface area (Å²) in [6.45, 7) is 0. The van der Waals surface area contributed by atoms with Crippen LogP contribution in [0.3, 0.4) is 0 Å². The SMILES string of the molecule is c1ccc2c(c1)sc1ccnc(-c3nccc4ncccc34)c12. The summed E-state index contributed by atoms with van der Waals surface area (Å²) < 4.78 is 2.51. The molecule has 0 aliphatic heterocycles. The van der Waals surface area contributed by atoms with Gasteiger partial charge in [-0.15, -0.1) is 11.3 Å². The molecule has 108 valence electrons. The van der Waals surface area contributed by atoms with E-state index in [0.717, 1.165) is 22.3 Å². The maximum atomic E-state index is 4.67. The highest BCUT2D eigenvalue weighted by molar-refractivity contribution is 7.25. The normalized spacial score (nSPS) is 11.5. The zero-order valence-electron chi connectivity index (χ0n) is 12.1. The smallest absolute Gasteiger partial charge is 0.0986 e. The summed E-state index contributed by atoms with van der Waals surface area (Å²) in [5.41, 5.74) is 2.76. The standard InChI is InChI=1S/C19H11N3S/c1-2-6-15-13(4-1)17-16(23-15)8-11-22-19(17)18-12-5-3-9-20-14(12)7-10-21-18/h1-11H. The third-order valence-electron chi connectivity index (χ3n) is 4.04. The van der Waals surface area contributed by atoms with E-state index in [2.05, 4.69) is 51.4 Å². The fraction of sp³-hybridized carbons (Fsp3) is 0. The number of fused-ring (bicyclic) bond motifs is 4.